The van der Waals surface area contributed by atoms with Gasteiger partial charge in [-0.3, -0.25) is 0 Å². The Morgan fingerprint density at radius 3 is 2.50 bits per heavy atom. The van der Waals surface area contributed by atoms with Crippen LogP contribution in [-0.4, -0.2) is 7.11 Å². The third kappa shape index (κ3) is 2.47. The fourth-order valence-electron chi connectivity index (χ4n) is 1.78. The van der Waals surface area contributed by atoms with Gasteiger partial charge in [0.2, 0.25) is 0 Å². The van der Waals surface area contributed by atoms with Crippen molar-refractivity contribution in [3.05, 3.63) is 64.4 Å². The van der Waals surface area contributed by atoms with Gasteiger partial charge in [0.05, 0.1) is 13.2 Å². The molecule has 0 heterocycles. The molecule has 2 rings (SSSR count). The predicted molar refractivity (Wildman–Crippen MR) is 70.4 cm³/mol. The van der Waals surface area contributed by atoms with Gasteiger partial charge in [-0.2, -0.15) is 0 Å². The number of ether oxygens (including phenoxy) is 1. The summed E-state index contributed by atoms with van der Waals surface area (Å²) in [5, 5.41) is 0.463. The molecule has 2 aromatic rings. The molecule has 0 aromatic heterocycles. The molecule has 0 aliphatic heterocycles. The Hall–Kier alpha value is -1.58. The van der Waals surface area contributed by atoms with Crippen LogP contribution in [0, 0.1) is 5.82 Å². The van der Waals surface area contributed by atoms with E-state index >= 15 is 0 Å². The molecular weight excluding hydrogens is 253 g/mol. The number of hydrogen-bond donors (Lipinski definition) is 1. The van der Waals surface area contributed by atoms with Gasteiger partial charge >= 0.3 is 0 Å². The fourth-order valence-corrected chi connectivity index (χ4v) is 2.07. The summed E-state index contributed by atoms with van der Waals surface area (Å²) in [4.78, 5) is 0. The van der Waals surface area contributed by atoms with Crippen LogP contribution in [0.2, 0.25) is 5.02 Å². The van der Waals surface area contributed by atoms with Gasteiger partial charge in [-0.05, 0) is 23.8 Å². The molecule has 0 amide bonds. The van der Waals surface area contributed by atoms with Gasteiger partial charge < -0.3 is 10.5 Å². The van der Waals surface area contributed by atoms with Gasteiger partial charge in [-0.15, -0.1) is 0 Å². The molecule has 0 aliphatic rings. The summed E-state index contributed by atoms with van der Waals surface area (Å²) in [5.74, 6) is 0.307. The van der Waals surface area contributed by atoms with E-state index in [4.69, 9.17) is 22.1 Å². The molecule has 0 aliphatic carbocycles. The second-order valence-corrected chi connectivity index (χ2v) is 4.29. The molecule has 4 heteroatoms. The van der Waals surface area contributed by atoms with E-state index in [1.54, 1.807) is 43.5 Å². The first-order valence-corrected chi connectivity index (χ1v) is 5.84. The van der Waals surface area contributed by atoms with Crippen molar-refractivity contribution in [2.24, 2.45) is 5.73 Å². The van der Waals surface area contributed by atoms with E-state index in [1.807, 2.05) is 0 Å². The van der Waals surface area contributed by atoms with Gasteiger partial charge in [-0.25, -0.2) is 4.39 Å². The van der Waals surface area contributed by atoms with Crippen molar-refractivity contribution in [3.8, 4) is 5.75 Å². The van der Waals surface area contributed by atoms with E-state index < -0.39 is 6.04 Å². The maximum absolute atomic E-state index is 13.7. The zero-order valence-electron chi connectivity index (χ0n) is 9.86. The van der Waals surface area contributed by atoms with Crippen LogP contribution >= 0.6 is 11.6 Å². The standard InChI is InChI=1S/C14H13ClFNO/c1-18-9-6-7-10(12(15)8-9)14(17)11-4-2-3-5-13(11)16/h2-8,14H,17H2,1H3. The molecule has 0 spiro atoms. The maximum atomic E-state index is 13.7. The summed E-state index contributed by atoms with van der Waals surface area (Å²) in [6, 6.07) is 11.0. The first-order valence-electron chi connectivity index (χ1n) is 5.47. The lowest BCUT2D eigenvalue weighted by atomic mass is 9.99. The minimum absolute atomic E-state index is 0.336. The molecule has 2 nitrogen and oxygen atoms in total. The summed E-state index contributed by atoms with van der Waals surface area (Å²) in [7, 11) is 1.56. The Balaban J connectivity index is 2.40. The average Bonchev–Trinajstić information content (AvgIpc) is 2.38. The second kappa shape index (κ2) is 5.38. The van der Waals surface area contributed by atoms with E-state index in [1.165, 1.54) is 6.07 Å². The van der Waals surface area contributed by atoms with Crippen LogP contribution in [0.1, 0.15) is 17.2 Å². The number of nitrogens with two attached hydrogens (primary N) is 1. The summed E-state index contributed by atoms with van der Waals surface area (Å²) in [6.45, 7) is 0. The van der Waals surface area contributed by atoms with Crippen LogP contribution in [-0.2, 0) is 0 Å². The van der Waals surface area contributed by atoms with Crippen LogP contribution in [0.15, 0.2) is 42.5 Å². The third-order valence-electron chi connectivity index (χ3n) is 2.78. The SMILES string of the molecule is COc1ccc(C(N)c2ccccc2F)c(Cl)c1. The molecule has 94 valence electrons. The second-order valence-electron chi connectivity index (χ2n) is 3.89. The summed E-state index contributed by atoms with van der Waals surface area (Å²) < 4.78 is 18.7. The quantitative estimate of drug-likeness (QED) is 0.921. The third-order valence-corrected chi connectivity index (χ3v) is 3.11. The first kappa shape index (κ1) is 12.9. The number of benzene rings is 2. The highest BCUT2D eigenvalue weighted by atomic mass is 35.5. The summed E-state index contributed by atoms with van der Waals surface area (Å²) in [6.07, 6.45) is 0. The van der Waals surface area contributed by atoms with Crippen LogP contribution in [0.3, 0.4) is 0 Å². The largest absolute Gasteiger partial charge is 0.497 e. The number of halogens is 2. The lowest BCUT2D eigenvalue weighted by Gasteiger charge is -2.15. The lowest BCUT2D eigenvalue weighted by Crippen LogP contribution is -2.14. The van der Waals surface area contributed by atoms with Gasteiger partial charge in [-0.1, -0.05) is 35.9 Å². The highest BCUT2D eigenvalue weighted by Gasteiger charge is 2.16. The minimum Gasteiger partial charge on any atom is -0.497 e. The summed E-state index contributed by atoms with van der Waals surface area (Å²) >= 11 is 6.12. The van der Waals surface area contributed by atoms with Crippen LogP contribution in [0.25, 0.3) is 0 Å². The Bertz CT molecular complexity index is 559. The molecule has 1 atom stereocenters. The van der Waals surface area contributed by atoms with Crippen LogP contribution in [0.4, 0.5) is 4.39 Å². The first-order chi connectivity index (χ1) is 8.63. The van der Waals surface area contributed by atoms with E-state index in [9.17, 15) is 4.39 Å². The molecule has 2 aromatic carbocycles. The van der Waals surface area contributed by atoms with E-state index in [2.05, 4.69) is 0 Å². The average molecular weight is 266 g/mol. The number of hydrogen-bond acceptors (Lipinski definition) is 2. The Morgan fingerprint density at radius 1 is 1.17 bits per heavy atom. The van der Waals surface area contributed by atoms with Crippen molar-refractivity contribution in [1.29, 1.82) is 0 Å². The van der Waals surface area contributed by atoms with Gasteiger partial charge in [0, 0.05) is 10.6 Å². The van der Waals surface area contributed by atoms with Crippen molar-refractivity contribution < 1.29 is 9.13 Å². The van der Waals surface area contributed by atoms with Gasteiger partial charge in [0.25, 0.3) is 0 Å². The molecule has 0 fully saturated rings. The minimum atomic E-state index is -0.593. The Kier molecular flexibility index (Phi) is 3.84. The smallest absolute Gasteiger partial charge is 0.128 e. The van der Waals surface area contributed by atoms with Crippen LogP contribution < -0.4 is 10.5 Å². The molecule has 18 heavy (non-hydrogen) atoms. The van der Waals surface area contributed by atoms with Gasteiger partial charge in [0.1, 0.15) is 11.6 Å². The molecular formula is C14H13ClFNO. The van der Waals surface area contributed by atoms with Crippen molar-refractivity contribution in [2.75, 3.05) is 7.11 Å². The van der Waals surface area contributed by atoms with E-state index in [0.717, 1.165) is 0 Å². The monoisotopic (exact) mass is 265 g/mol. The normalized spacial score (nSPS) is 12.2. The van der Waals surface area contributed by atoms with E-state index in [-0.39, 0.29) is 5.82 Å². The fraction of sp³-hybridized carbons (Fsp3) is 0.143. The molecule has 1 unspecified atom stereocenters. The zero-order valence-corrected chi connectivity index (χ0v) is 10.6. The molecule has 2 N–H and O–H groups in total. The molecule has 0 radical (unpaired) electrons. The maximum Gasteiger partial charge on any atom is 0.128 e. The topological polar surface area (TPSA) is 35.2 Å². The Labute approximate surface area is 110 Å². The van der Waals surface area contributed by atoms with Crippen molar-refractivity contribution in [2.45, 2.75) is 6.04 Å². The zero-order chi connectivity index (χ0) is 13.1. The lowest BCUT2D eigenvalue weighted by molar-refractivity contribution is 0.414. The molecule has 0 bridgehead atoms. The molecule has 0 saturated carbocycles. The van der Waals surface area contributed by atoms with E-state index in [0.29, 0.717) is 21.9 Å². The highest BCUT2D eigenvalue weighted by molar-refractivity contribution is 6.31. The van der Waals surface area contributed by atoms with Crippen molar-refractivity contribution >= 4 is 11.6 Å². The van der Waals surface area contributed by atoms with Crippen molar-refractivity contribution in [3.63, 3.8) is 0 Å². The van der Waals surface area contributed by atoms with Gasteiger partial charge in [0.15, 0.2) is 0 Å². The summed E-state index contributed by atoms with van der Waals surface area (Å²) in [5.41, 5.74) is 7.13. The number of methoxy groups -OCH3 is 1. The van der Waals surface area contributed by atoms with Crippen molar-refractivity contribution in [1.82, 2.24) is 0 Å². The molecule has 0 saturated heterocycles. The number of rotatable bonds is 3. The Morgan fingerprint density at radius 2 is 1.89 bits per heavy atom. The predicted octanol–water partition coefficient (Wildman–Crippen LogP) is 3.54. The van der Waals surface area contributed by atoms with Crippen LogP contribution in [0.5, 0.6) is 5.75 Å². The highest BCUT2D eigenvalue weighted by Crippen LogP contribution is 2.30.